The number of rotatable bonds is 18. The molecular formula is C34H54N6O. The summed E-state index contributed by atoms with van der Waals surface area (Å²) >= 11 is 0. The van der Waals surface area contributed by atoms with Gasteiger partial charge >= 0.3 is 0 Å². The van der Waals surface area contributed by atoms with Gasteiger partial charge in [0.25, 0.3) is 0 Å². The van der Waals surface area contributed by atoms with Crippen LogP contribution in [-0.4, -0.2) is 38.5 Å². The fraction of sp³-hybridized carbons (Fsp3) is 0.588. The summed E-state index contributed by atoms with van der Waals surface area (Å²) in [7, 11) is 4.05. The predicted octanol–water partition coefficient (Wildman–Crippen LogP) is 5.65. The molecule has 0 saturated heterocycles. The molecule has 7 nitrogen and oxygen atoms in total. The Balaban J connectivity index is 1.39. The molecule has 3 rings (SSSR count). The number of carbonyl (C=O) groups excluding carboxylic acids is 1. The number of carbonyl (C=O) groups is 1. The lowest BCUT2D eigenvalue weighted by Gasteiger charge is -2.21. The van der Waals surface area contributed by atoms with Gasteiger partial charge < -0.3 is 27.0 Å². The topological polar surface area (TPSA) is 109 Å². The summed E-state index contributed by atoms with van der Waals surface area (Å²) in [5, 5.41) is 6.57. The van der Waals surface area contributed by atoms with Gasteiger partial charge in [-0.05, 0) is 60.4 Å². The van der Waals surface area contributed by atoms with E-state index in [9.17, 15) is 4.79 Å². The van der Waals surface area contributed by atoms with E-state index in [1.807, 2.05) is 14.1 Å². The first kappa shape index (κ1) is 32.5. The summed E-state index contributed by atoms with van der Waals surface area (Å²) in [6.07, 6.45) is 16.6. The molecule has 1 fully saturated rings. The zero-order valence-electron chi connectivity index (χ0n) is 25.5. The molecule has 41 heavy (non-hydrogen) atoms. The molecule has 0 heterocycles. The zero-order valence-corrected chi connectivity index (χ0v) is 25.5. The van der Waals surface area contributed by atoms with Gasteiger partial charge in [-0.15, -0.1) is 0 Å². The Morgan fingerprint density at radius 2 is 1.49 bits per heavy atom. The molecule has 6 N–H and O–H groups in total. The van der Waals surface area contributed by atoms with Crippen molar-refractivity contribution in [2.75, 3.05) is 25.5 Å². The van der Waals surface area contributed by atoms with E-state index in [0.29, 0.717) is 26.1 Å². The minimum atomic E-state index is -0.324. The van der Waals surface area contributed by atoms with Crippen molar-refractivity contribution >= 4 is 17.6 Å². The van der Waals surface area contributed by atoms with Crippen LogP contribution in [0.2, 0.25) is 0 Å². The number of amides is 1. The molecule has 0 aromatic heterocycles. The van der Waals surface area contributed by atoms with E-state index < -0.39 is 0 Å². The van der Waals surface area contributed by atoms with Gasteiger partial charge in [-0.25, -0.2) is 0 Å². The van der Waals surface area contributed by atoms with E-state index in [0.717, 1.165) is 35.6 Å². The van der Waals surface area contributed by atoms with E-state index in [-0.39, 0.29) is 17.9 Å². The third-order valence-electron chi connectivity index (χ3n) is 8.31. The summed E-state index contributed by atoms with van der Waals surface area (Å²) in [5.41, 5.74) is 15.7. The summed E-state index contributed by atoms with van der Waals surface area (Å²) in [4.78, 5) is 19.3. The van der Waals surface area contributed by atoms with Crippen molar-refractivity contribution in [3.05, 3.63) is 65.2 Å². The Morgan fingerprint density at radius 1 is 0.854 bits per heavy atom. The average Bonchev–Trinajstić information content (AvgIpc) is 2.98. The van der Waals surface area contributed by atoms with Crippen LogP contribution in [0.1, 0.15) is 93.7 Å². The largest absolute Gasteiger partial charge is 0.378 e. The highest BCUT2D eigenvalue weighted by Gasteiger charge is 2.17. The molecule has 0 aliphatic heterocycles. The molecule has 1 aliphatic carbocycles. The van der Waals surface area contributed by atoms with Gasteiger partial charge in [0.2, 0.25) is 5.91 Å². The first-order valence-corrected chi connectivity index (χ1v) is 15.8. The molecule has 1 aliphatic rings. The summed E-state index contributed by atoms with van der Waals surface area (Å²) in [6, 6.07) is 16.8. The van der Waals surface area contributed by atoms with Gasteiger partial charge in [-0.1, -0.05) is 94.2 Å². The Morgan fingerprint density at radius 3 is 2.17 bits per heavy atom. The lowest BCUT2D eigenvalue weighted by atomic mass is 9.85. The molecule has 1 atom stereocenters. The number of nitrogens with two attached hydrogens (primary N) is 2. The number of unbranched alkanes of at least 4 members (excludes halogenated alkanes) is 3. The van der Waals surface area contributed by atoms with Crippen LogP contribution in [0.4, 0.5) is 5.69 Å². The number of aliphatic imine (C=N–C) groups is 1. The third kappa shape index (κ3) is 13.0. The molecule has 0 unspecified atom stereocenters. The minimum absolute atomic E-state index is 0.00286. The number of guanidine groups is 1. The van der Waals surface area contributed by atoms with Crippen molar-refractivity contribution in [2.45, 2.75) is 103 Å². The van der Waals surface area contributed by atoms with Gasteiger partial charge in [0.15, 0.2) is 5.96 Å². The molecule has 226 valence electrons. The third-order valence-corrected chi connectivity index (χ3v) is 8.31. The van der Waals surface area contributed by atoms with Gasteiger partial charge in [0.1, 0.15) is 0 Å². The minimum Gasteiger partial charge on any atom is -0.378 e. The molecule has 1 amide bonds. The van der Waals surface area contributed by atoms with Crippen molar-refractivity contribution in [1.82, 2.24) is 10.6 Å². The number of aryl methyl sites for hydroxylation is 1. The fourth-order valence-electron chi connectivity index (χ4n) is 5.71. The highest BCUT2D eigenvalue weighted by molar-refractivity contribution is 5.81. The highest BCUT2D eigenvalue weighted by atomic mass is 16.2. The maximum Gasteiger partial charge on any atom is 0.237 e. The monoisotopic (exact) mass is 562 g/mol. The quantitative estimate of drug-likeness (QED) is 0.107. The fourth-order valence-corrected chi connectivity index (χ4v) is 5.71. The van der Waals surface area contributed by atoms with Crippen LogP contribution in [0, 0.1) is 5.92 Å². The second-order valence-corrected chi connectivity index (χ2v) is 11.9. The molecule has 2 aromatic rings. The molecule has 0 bridgehead atoms. The second kappa shape index (κ2) is 18.4. The molecular weight excluding hydrogens is 508 g/mol. The van der Waals surface area contributed by atoms with Crippen molar-refractivity contribution < 1.29 is 4.79 Å². The lowest BCUT2D eigenvalue weighted by Crippen LogP contribution is -2.43. The van der Waals surface area contributed by atoms with E-state index in [4.69, 9.17) is 11.5 Å². The molecule has 7 heteroatoms. The number of hydrogen-bond acceptors (Lipinski definition) is 4. The number of benzene rings is 2. The van der Waals surface area contributed by atoms with Crippen molar-refractivity contribution in [2.24, 2.45) is 22.4 Å². The molecule has 0 radical (unpaired) electrons. The first-order chi connectivity index (χ1) is 19.9. The van der Waals surface area contributed by atoms with Crippen molar-refractivity contribution in [3.8, 4) is 0 Å². The zero-order chi connectivity index (χ0) is 29.3. The number of anilines is 1. The van der Waals surface area contributed by atoms with Crippen molar-refractivity contribution in [3.63, 3.8) is 0 Å². The number of nitrogens with zero attached hydrogens (tertiary/aromatic N) is 2. The normalized spacial score (nSPS) is 14.4. The van der Waals surface area contributed by atoms with Crippen LogP contribution >= 0.6 is 0 Å². The average molecular weight is 563 g/mol. The van der Waals surface area contributed by atoms with Gasteiger partial charge in [-0.3, -0.25) is 9.79 Å². The van der Waals surface area contributed by atoms with E-state index in [2.05, 4.69) is 69.1 Å². The van der Waals surface area contributed by atoms with Crippen LogP contribution < -0.4 is 27.0 Å². The van der Waals surface area contributed by atoms with E-state index in [1.165, 1.54) is 69.8 Å². The second-order valence-electron chi connectivity index (χ2n) is 11.9. The Labute approximate surface area is 248 Å². The summed E-state index contributed by atoms with van der Waals surface area (Å²) < 4.78 is 0. The smallest absolute Gasteiger partial charge is 0.237 e. The Bertz CT molecular complexity index is 1020. The first-order valence-electron chi connectivity index (χ1n) is 15.8. The summed E-state index contributed by atoms with van der Waals surface area (Å²) in [5.74, 6) is 1.09. The Kier molecular flexibility index (Phi) is 14.6. The number of nitrogens with one attached hydrogen (secondary N) is 2. The van der Waals surface area contributed by atoms with Crippen LogP contribution in [-0.2, 0) is 24.3 Å². The van der Waals surface area contributed by atoms with Crippen LogP contribution in [0.3, 0.4) is 0 Å². The Hall–Kier alpha value is -3.06. The van der Waals surface area contributed by atoms with Crippen LogP contribution in [0.15, 0.2) is 53.5 Å². The molecule has 0 spiro atoms. The van der Waals surface area contributed by atoms with Gasteiger partial charge in [-0.2, -0.15) is 0 Å². The van der Waals surface area contributed by atoms with Crippen molar-refractivity contribution in [1.29, 1.82) is 0 Å². The standard InChI is InChI=1S/C34H54N6O/c1-40(2)31-22-20-30(21-23-31)25-38-32(15-10-24-37-34(35)36)33(41)39-26-29-18-16-28(17-19-29)14-7-4-3-6-11-27-12-8-5-9-13-27/h16-23,27,32,38H,3-15,24-26H2,1-2H3,(H,39,41)(H4,35,36,37)/t32-/m0/s1. The predicted molar refractivity (Wildman–Crippen MR) is 173 cm³/mol. The molecule has 2 aromatic carbocycles. The number of hydrogen-bond donors (Lipinski definition) is 4. The van der Waals surface area contributed by atoms with Gasteiger partial charge in [0.05, 0.1) is 6.04 Å². The van der Waals surface area contributed by atoms with Gasteiger partial charge in [0, 0.05) is 39.4 Å². The van der Waals surface area contributed by atoms with E-state index in [1.54, 1.807) is 0 Å². The van der Waals surface area contributed by atoms with E-state index >= 15 is 0 Å². The molecule has 1 saturated carbocycles. The van der Waals surface area contributed by atoms with Crippen LogP contribution in [0.25, 0.3) is 0 Å². The maximum absolute atomic E-state index is 13.1. The highest BCUT2D eigenvalue weighted by Crippen LogP contribution is 2.28. The van der Waals surface area contributed by atoms with Crippen LogP contribution in [0.5, 0.6) is 0 Å². The maximum atomic E-state index is 13.1. The summed E-state index contributed by atoms with van der Waals surface area (Å²) in [6.45, 7) is 1.64. The SMILES string of the molecule is CN(C)c1ccc(CN[C@@H](CCCN=C(N)N)C(=O)NCc2ccc(CCCCCCC3CCCCC3)cc2)cc1. The lowest BCUT2D eigenvalue weighted by molar-refractivity contribution is -0.123.